The van der Waals surface area contributed by atoms with Crippen LogP contribution in [0.4, 0.5) is 0 Å². The van der Waals surface area contributed by atoms with Crippen LogP contribution < -0.4 is 22.9 Å². The second-order valence-electron chi connectivity index (χ2n) is 9.19. The average molecular weight is 489 g/mol. The van der Waals surface area contributed by atoms with E-state index in [1.807, 2.05) is 0 Å². The van der Waals surface area contributed by atoms with Gasteiger partial charge >= 0.3 is 0 Å². The van der Waals surface area contributed by atoms with Gasteiger partial charge in [0.25, 0.3) is 0 Å². The first-order valence-electron chi connectivity index (χ1n) is 11.1. The topological polar surface area (TPSA) is 289 Å². The smallest absolute Gasteiger partial charge is 0.214 e. The average Bonchev–Trinajstić information content (AvgIpc) is 2.79. The third-order valence-corrected chi connectivity index (χ3v) is 6.82. The minimum Gasteiger partial charge on any atom is -0.394 e. The number of rotatable bonds is 6. The zero-order chi connectivity index (χ0) is 24.6. The summed E-state index contributed by atoms with van der Waals surface area (Å²) in [6.07, 6.45) is -12.6. The second-order valence-corrected chi connectivity index (χ2v) is 9.19. The molecule has 194 valence electrons. The molecule has 15 atom stereocenters. The number of aliphatic hydroxyl groups excluding tert-OH is 7. The van der Waals surface area contributed by atoms with Crippen LogP contribution in [0.5, 0.6) is 0 Å². The predicted octanol–water partition coefficient (Wildman–Crippen LogP) is -10.2. The standard InChI is InChI=1S/C18H36N4O11/c19-4-1-5(20)16(33-18-13(28)8(21)10(25)6(2-23)31-18)14(29)15(4)32-17-9(22)12(27)11(26)7(3-24)30-17/h4-18,23-29H,1-3,19-22H2/p+4/t4-,5+,6+,7+,8-,9+,10+,11+,12+,13+,14-,15+,16-,17+,18+/m0/s1. The number of aliphatic hydroxyl groups is 7. The highest BCUT2D eigenvalue weighted by Gasteiger charge is 2.54. The minimum absolute atomic E-state index is 0.359. The summed E-state index contributed by atoms with van der Waals surface area (Å²) >= 11 is 0. The summed E-state index contributed by atoms with van der Waals surface area (Å²) in [4.78, 5) is 0. The van der Waals surface area contributed by atoms with Gasteiger partial charge in [-0.05, 0) is 0 Å². The number of quaternary nitrogens is 4. The Kier molecular flexibility index (Phi) is 8.99. The van der Waals surface area contributed by atoms with Crippen LogP contribution >= 0.6 is 0 Å². The number of hydrogen-bond donors (Lipinski definition) is 11. The van der Waals surface area contributed by atoms with Crippen molar-refractivity contribution >= 4 is 0 Å². The largest absolute Gasteiger partial charge is 0.394 e. The van der Waals surface area contributed by atoms with Gasteiger partial charge in [0.2, 0.25) is 6.29 Å². The maximum absolute atomic E-state index is 11.1. The van der Waals surface area contributed by atoms with E-state index in [1.165, 1.54) is 0 Å². The van der Waals surface area contributed by atoms with E-state index in [4.69, 9.17) is 18.9 Å². The molecule has 2 heterocycles. The molecule has 1 saturated carbocycles. The lowest BCUT2D eigenvalue weighted by Gasteiger charge is -2.45. The van der Waals surface area contributed by atoms with Crippen molar-refractivity contribution in [3.63, 3.8) is 0 Å². The number of hydrogen-bond acceptors (Lipinski definition) is 11. The van der Waals surface area contributed by atoms with Gasteiger partial charge in [-0.2, -0.15) is 0 Å². The van der Waals surface area contributed by atoms with Crippen LogP contribution in [-0.4, -0.2) is 141 Å². The molecule has 3 aliphatic rings. The molecule has 0 unspecified atom stereocenters. The van der Waals surface area contributed by atoms with Crippen LogP contribution in [-0.2, 0) is 18.9 Å². The van der Waals surface area contributed by atoms with Gasteiger partial charge in [0, 0.05) is 0 Å². The summed E-state index contributed by atoms with van der Waals surface area (Å²) in [5.41, 5.74) is 15.5. The van der Waals surface area contributed by atoms with Crippen LogP contribution in [0.25, 0.3) is 0 Å². The van der Waals surface area contributed by atoms with Crippen molar-refractivity contribution in [3.8, 4) is 0 Å². The number of ether oxygens (including phenoxy) is 4. The molecular weight excluding hydrogens is 448 g/mol. The van der Waals surface area contributed by atoms with E-state index < -0.39 is 105 Å². The molecule has 3 fully saturated rings. The Bertz CT molecular complexity index is 584. The Balaban J connectivity index is 1.72. The lowest BCUT2D eigenvalue weighted by molar-refractivity contribution is -0.537. The van der Waals surface area contributed by atoms with E-state index in [-0.39, 0.29) is 0 Å². The monoisotopic (exact) mass is 488 g/mol. The summed E-state index contributed by atoms with van der Waals surface area (Å²) in [6.45, 7) is -1.07. The van der Waals surface area contributed by atoms with Crippen molar-refractivity contribution in [3.05, 3.63) is 0 Å². The maximum Gasteiger partial charge on any atom is 0.214 e. The highest BCUT2D eigenvalue weighted by Crippen LogP contribution is 2.29. The lowest BCUT2D eigenvalue weighted by atomic mass is 9.84. The summed E-state index contributed by atoms with van der Waals surface area (Å²) in [6, 6.07) is -2.74. The molecule has 0 aromatic carbocycles. The minimum atomic E-state index is -1.35. The molecule has 0 aromatic heterocycles. The van der Waals surface area contributed by atoms with E-state index >= 15 is 0 Å². The molecule has 0 spiro atoms. The highest BCUT2D eigenvalue weighted by atomic mass is 16.7. The molecule has 2 saturated heterocycles. The predicted molar refractivity (Wildman–Crippen MR) is 103 cm³/mol. The fourth-order valence-corrected chi connectivity index (χ4v) is 4.64. The van der Waals surface area contributed by atoms with Crippen molar-refractivity contribution in [2.45, 2.75) is 98.1 Å². The molecule has 1 aliphatic carbocycles. The fraction of sp³-hybridized carbons (Fsp3) is 1.00. The molecule has 0 bridgehead atoms. The van der Waals surface area contributed by atoms with Crippen LogP contribution in [0.3, 0.4) is 0 Å². The van der Waals surface area contributed by atoms with Gasteiger partial charge in [-0.15, -0.1) is 0 Å². The van der Waals surface area contributed by atoms with Crippen molar-refractivity contribution in [1.82, 2.24) is 0 Å². The molecule has 19 N–H and O–H groups in total. The van der Waals surface area contributed by atoms with Gasteiger partial charge in [0.15, 0.2) is 18.4 Å². The zero-order valence-corrected chi connectivity index (χ0v) is 18.4. The molecule has 0 radical (unpaired) electrons. The summed E-state index contributed by atoms with van der Waals surface area (Å²) < 4.78 is 22.8. The first-order chi connectivity index (χ1) is 15.5. The van der Waals surface area contributed by atoms with Gasteiger partial charge in [-0.1, -0.05) is 0 Å². The van der Waals surface area contributed by atoms with Gasteiger partial charge < -0.3 is 77.6 Å². The molecule has 0 amide bonds. The third kappa shape index (κ3) is 5.32. The Hall–Kier alpha value is -0.600. The second kappa shape index (κ2) is 11.0. The molecule has 15 heteroatoms. The van der Waals surface area contributed by atoms with Crippen molar-refractivity contribution in [1.29, 1.82) is 0 Å². The molecule has 33 heavy (non-hydrogen) atoms. The first-order valence-corrected chi connectivity index (χ1v) is 11.1. The van der Waals surface area contributed by atoms with E-state index in [2.05, 4.69) is 22.9 Å². The van der Waals surface area contributed by atoms with E-state index in [0.29, 0.717) is 6.42 Å². The molecule has 3 rings (SSSR count). The summed E-state index contributed by atoms with van der Waals surface area (Å²) in [5.74, 6) is 0. The van der Waals surface area contributed by atoms with Crippen LogP contribution in [0.2, 0.25) is 0 Å². The van der Waals surface area contributed by atoms with Crippen LogP contribution in [0, 0.1) is 0 Å². The van der Waals surface area contributed by atoms with Crippen molar-refractivity contribution in [2.75, 3.05) is 13.2 Å². The Morgan fingerprint density at radius 2 is 1.09 bits per heavy atom. The van der Waals surface area contributed by atoms with E-state index in [0.717, 1.165) is 0 Å². The van der Waals surface area contributed by atoms with Crippen molar-refractivity contribution in [2.24, 2.45) is 0 Å². The van der Waals surface area contributed by atoms with Gasteiger partial charge in [0.05, 0.1) is 19.6 Å². The van der Waals surface area contributed by atoms with E-state index in [9.17, 15) is 35.7 Å². The zero-order valence-electron chi connectivity index (χ0n) is 18.4. The van der Waals surface area contributed by atoms with E-state index in [1.54, 1.807) is 0 Å². The molecule has 15 nitrogen and oxygen atoms in total. The molecular formula is C18H40N4O11+4. The first kappa shape index (κ1) is 27.0. The summed E-state index contributed by atoms with van der Waals surface area (Å²) in [5, 5.41) is 70.7. The van der Waals surface area contributed by atoms with Gasteiger partial charge in [0.1, 0.15) is 67.0 Å². The Morgan fingerprint density at radius 3 is 1.64 bits per heavy atom. The Labute approximate surface area is 189 Å². The van der Waals surface area contributed by atoms with Crippen LogP contribution in [0.15, 0.2) is 0 Å². The molecule has 2 aliphatic heterocycles. The Morgan fingerprint density at radius 1 is 0.606 bits per heavy atom. The fourth-order valence-electron chi connectivity index (χ4n) is 4.64. The summed E-state index contributed by atoms with van der Waals surface area (Å²) in [7, 11) is 0. The van der Waals surface area contributed by atoms with Crippen molar-refractivity contribution < 1.29 is 77.6 Å². The van der Waals surface area contributed by atoms with Gasteiger partial charge in [-0.3, -0.25) is 0 Å². The maximum atomic E-state index is 11.1. The highest BCUT2D eigenvalue weighted by molar-refractivity contribution is 4.97. The quantitative estimate of drug-likeness (QED) is 0.167. The normalized spacial score (nSPS) is 53.7. The lowest BCUT2D eigenvalue weighted by Crippen LogP contribution is -2.84. The van der Waals surface area contributed by atoms with Gasteiger partial charge in [-0.25, -0.2) is 0 Å². The van der Waals surface area contributed by atoms with Crippen LogP contribution in [0.1, 0.15) is 6.42 Å². The third-order valence-electron chi connectivity index (χ3n) is 6.82. The molecule has 0 aromatic rings. The SMILES string of the molecule is [NH3+][C@@H]1[C@@H](O)[C@@H](O[C@@H]2[C@@H](O)[C@H](O[C@H]3O[C@H](CO)[C@@H](O)[C@H](O)[C@H]3[NH3+])[C@@H]([NH3+])C[C@H]2[NH3+])O[C@H](CO)[C@H]1O.